The second-order valence-corrected chi connectivity index (χ2v) is 4.98. The minimum atomic E-state index is 0.0925. The molecule has 0 radical (unpaired) electrons. The summed E-state index contributed by atoms with van der Waals surface area (Å²) in [6, 6.07) is 6.01. The lowest BCUT2D eigenvalue weighted by Gasteiger charge is -2.16. The molecule has 17 heavy (non-hydrogen) atoms. The van der Waals surface area contributed by atoms with Crippen LogP contribution in [0.5, 0.6) is 0 Å². The molecule has 1 aromatic carbocycles. The average molecular weight is 232 g/mol. The lowest BCUT2D eigenvalue weighted by molar-refractivity contribution is -0.120. The molecule has 2 unspecified atom stereocenters. The Bertz CT molecular complexity index is 428. The normalized spacial score (nSPS) is 23.7. The molecule has 3 heteroatoms. The van der Waals surface area contributed by atoms with Crippen LogP contribution in [-0.2, 0) is 4.79 Å². The maximum Gasteiger partial charge on any atom is 0.229 e. The summed E-state index contributed by atoms with van der Waals surface area (Å²) in [5.41, 5.74) is 3.30. The van der Waals surface area contributed by atoms with Crippen LogP contribution in [0.2, 0.25) is 0 Å². The summed E-state index contributed by atoms with van der Waals surface area (Å²) in [6.45, 7) is 7.95. The number of amides is 1. The van der Waals surface area contributed by atoms with Gasteiger partial charge in [-0.1, -0.05) is 19.1 Å². The summed E-state index contributed by atoms with van der Waals surface area (Å²) in [6.07, 6.45) is 0. The Labute approximate surface area is 103 Å². The van der Waals surface area contributed by atoms with Crippen molar-refractivity contribution in [3.8, 4) is 0 Å². The first-order chi connectivity index (χ1) is 8.09. The van der Waals surface area contributed by atoms with Gasteiger partial charge in [0.25, 0.3) is 0 Å². The fraction of sp³-hybridized carbons (Fsp3) is 0.500. The minimum absolute atomic E-state index is 0.0925. The summed E-state index contributed by atoms with van der Waals surface area (Å²) in [4.78, 5) is 12.1. The van der Waals surface area contributed by atoms with Gasteiger partial charge in [0.2, 0.25) is 5.91 Å². The fourth-order valence-electron chi connectivity index (χ4n) is 2.27. The number of rotatable bonds is 2. The van der Waals surface area contributed by atoms with E-state index in [9.17, 15) is 4.79 Å². The van der Waals surface area contributed by atoms with E-state index in [1.807, 2.05) is 19.1 Å². The lowest BCUT2D eigenvalue weighted by Crippen LogP contribution is -2.28. The monoisotopic (exact) mass is 232 g/mol. The van der Waals surface area contributed by atoms with E-state index < -0.39 is 0 Å². The second kappa shape index (κ2) is 4.88. The average Bonchev–Trinajstić information content (AvgIpc) is 2.71. The molecule has 1 amide bonds. The van der Waals surface area contributed by atoms with Crippen LogP contribution in [0.3, 0.4) is 0 Å². The first-order valence-corrected chi connectivity index (χ1v) is 6.17. The van der Waals surface area contributed by atoms with E-state index in [4.69, 9.17) is 0 Å². The third kappa shape index (κ3) is 2.50. The van der Waals surface area contributed by atoms with Gasteiger partial charge in [-0.15, -0.1) is 0 Å². The van der Waals surface area contributed by atoms with Gasteiger partial charge in [-0.05, 0) is 43.5 Å². The summed E-state index contributed by atoms with van der Waals surface area (Å²) >= 11 is 0. The summed E-state index contributed by atoms with van der Waals surface area (Å²) in [7, 11) is 0. The molecular weight excluding hydrogens is 212 g/mol. The standard InChI is InChI=1S/C14H20N2O/c1-9-5-4-6-13(11(9)3)16-14(17)12-8-15-7-10(12)2/h4-6,10,12,15H,7-8H2,1-3H3,(H,16,17). The molecular formula is C14H20N2O. The Morgan fingerprint density at radius 2 is 2.12 bits per heavy atom. The third-order valence-corrected chi connectivity index (χ3v) is 3.72. The van der Waals surface area contributed by atoms with Crippen LogP contribution < -0.4 is 10.6 Å². The van der Waals surface area contributed by atoms with Crippen molar-refractivity contribution in [1.82, 2.24) is 5.32 Å². The molecule has 3 nitrogen and oxygen atoms in total. The molecule has 2 rings (SSSR count). The van der Waals surface area contributed by atoms with Crippen molar-refractivity contribution < 1.29 is 4.79 Å². The van der Waals surface area contributed by atoms with E-state index in [1.165, 1.54) is 5.56 Å². The van der Waals surface area contributed by atoms with Crippen LogP contribution >= 0.6 is 0 Å². The number of hydrogen-bond donors (Lipinski definition) is 2. The van der Waals surface area contributed by atoms with Crippen LogP contribution in [0, 0.1) is 25.7 Å². The maximum absolute atomic E-state index is 12.1. The van der Waals surface area contributed by atoms with Crippen LogP contribution in [0.4, 0.5) is 5.69 Å². The van der Waals surface area contributed by atoms with E-state index in [-0.39, 0.29) is 11.8 Å². The number of carbonyl (C=O) groups excluding carboxylic acids is 1. The maximum atomic E-state index is 12.1. The molecule has 92 valence electrons. The largest absolute Gasteiger partial charge is 0.326 e. The minimum Gasteiger partial charge on any atom is -0.326 e. The molecule has 1 aliphatic heterocycles. The first-order valence-electron chi connectivity index (χ1n) is 6.17. The highest BCUT2D eigenvalue weighted by atomic mass is 16.1. The molecule has 0 bridgehead atoms. The molecule has 0 saturated carbocycles. The van der Waals surface area contributed by atoms with Gasteiger partial charge in [-0.25, -0.2) is 0 Å². The van der Waals surface area contributed by atoms with Gasteiger partial charge in [0.1, 0.15) is 0 Å². The number of benzene rings is 1. The van der Waals surface area contributed by atoms with Gasteiger partial charge in [-0.2, -0.15) is 0 Å². The highest BCUT2D eigenvalue weighted by Gasteiger charge is 2.29. The zero-order valence-corrected chi connectivity index (χ0v) is 10.7. The van der Waals surface area contributed by atoms with Crippen LogP contribution in [0.1, 0.15) is 18.1 Å². The fourth-order valence-corrected chi connectivity index (χ4v) is 2.27. The van der Waals surface area contributed by atoms with Crippen molar-refractivity contribution in [2.75, 3.05) is 18.4 Å². The summed E-state index contributed by atoms with van der Waals surface area (Å²) in [5, 5.41) is 6.30. The topological polar surface area (TPSA) is 41.1 Å². The molecule has 0 spiro atoms. The Morgan fingerprint density at radius 1 is 1.35 bits per heavy atom. The zero-order valence-electron chi connectivity index (χ0n) is 10.7. The number of anilines is 1. The van der Waals surface area contributed by atoms with E-state index >= 15 is 0 Å². The Morgan fingerprint density at radius 3 is 2.76 bits per heavy atom. The van der Waals surface area contributed by atoms with E-state index in [0.717, 1.165) is 24.3 Å². The number of aryl methyl sites for hydroxylation is 1. The predicted octanol–water partition coefficient (Wildman–Crippen LogP) is 2.10. The van der Waals surface area contributed by atoms with Gasteiger partial charge in [0.15, 0.2) is 0 Å². The van der Waals surface area contributed by atoms with Gasteiger partial charge in [-0.3, -0.25) is 4.79 Å². The van der Waals surface area contributed by atoms with Gasteiger partial charge >= 0.3 is 0 Å². The van der Waals surface area contributed by atoms with Crippen molar-refractivity contribution in [1.29, 1.82) is 0 Å². The molecule has 0 aromatic heterocycles. The number of carbonyl (C=O) groups is 1. The predicted molar refractivity (Wildman–Crippen MR) is 70.1 cm³/mol. The Kier molecular flexibility index (Phi) is 3.48. The van der Waals surface area contributed by atoms with Gasteiger partial charge < -0.3 is 10.6 Å². The molecule has 1 saturated heterocycles. The van der Waals surface area contributed by atoms with Crippen molar-refractivity contribution in [3.63, 3.8) is 0 Å². The molecule has 1 heterocycles. The summed E-state index contributed by atoms with van der Waals surface area (Å²) < 4.78 is 0. The number of hydrogen-bond acceptors (Lipinski definition) is 2. The molecule has 2 N–H and O–H groups in total. The van der Waals surface area contributed by atoms with E-state index in [0.29, 0.717) is 5.92 Å². The quantitative estimate of drug-likeness (QED) is 0.820. The van der Waals surface area contributed by atoms with Crippen molar-refractivity contribution in [2.24, 2.45) is 11.8 Å². The second-order valence-electron chi connectivity index (χ2n) is 4.98. The Hall–Kier alpha value is -1.35. The SMILES string of the molecule is Cc1cccc(NC(=O)C2CNCC2C)c1C. The molecule has 1 fully saturated rings. The van der Waals surface area contributed by atoms with Crippen molar-refractivity contribution in [3.05, 3.63) is 29.3 Å². The molecule has 0 aliphatic carbocycles. The van der Waals surface area contributed by atoms with Crippen molar-refractivity contribution in [2.45, 2.75) is 20.8 Å². The third-order valence-electron chi connectivity index (χ3n) is 3.72. The highest BCUT2D eigenvalue weighted by molar-refractivity contribution is 5.93. The van der Waals surface area contributed by atoms with Crippen LogP contribution in [-0.4, -0.2) is 19.0 Å². The van der Waals surface area contributed by atoms with Crippen LogP contribution in [0.15, 0.2) is 18.2 Å². The van der Waals surface area contributed by atoms with E-state index in [1.54, 1.807) is 0 Å². The summed E-state index contributed by atoms with van der Waals surface area (Å²) in [5.74, 6) is 0.645. The van der Waals surface area contributed by atoms with Crippen LogP contribution in [0.25, 0.3) is 0 Å². The number of nitrogens with one attached hydrogen (secondary N) is 2. The molecule has 1 aliphatic rings. The highest BCUT2D eigenvalue weighted by Crippen LogP contribution is 2.22. The molecule has 1 aromatic rings. The van der Waals surface area contributed by atoms with Gasteiger partial charge in [0, 0.05) is 12.2 Å². The first kappa shape index (κ1) is 12.1. The smallest absolute Gasteiger partial charge is 0.229 e. The van der Waals surface area contributed by atoms with Gasteiger partial charge in [0.05, 0.1) is 5.92 Å². The Balaban J connectivity index is 2.10. The van der Waals surface area contributed by atoms with E-state index in [2.05, 4.69) is 30.5 Å². The van der Waals surface area contributed by atoms with Crippen molar-refractivity contribution >= 4 is 11.6 Å². The molecule has 2 atom stereocenters. The zero-order chi connectivity index (χ0) is 12.4. The lowest BCUT2D eigenvalue weighted by atomic mass is 9.97.